The zero-order valence-corrected chi connectivity index (χ0v) is 10.6. The summed E-state index contributed by atoms with van der Waals surface area (Å²) in [7, 11) is 1.37. The van der Waals surface area contributed by atoms with Crippen molar-refractivity contribution in [3.8, 4) is 0 Å². The second kappa shape index (κ2) is 3.90. The van der Waals surface area contributed by atoms with Crippen LogP contribution in [0.3, 0.4) is 0 Å². The average Bonchev–Trinajstić information content (AvgIpc) is 2.04. The minimum atomic E-state index is 0.313. The van der Waals surface area contributed by atoms with Crippen LogP contribution in [0, 0.1) is 13.8 Å². The van der Waals surface area contributed by atoms with Gasteiger partial charge in [-0.1, -0.05) is 26.8 Å². The molecule has 0 aromatic heterocycles. The fourth-order valence-corrected chi connectivity index (χ4v) is 2.52. The first kappa shape index (κ1) is 11.5. The Morgan fingerprint density at radius 2 is 1.64 bits per heavy atom. The molecule has 77 valence electrons. The number of nitrogens with two attached hydrogens (primary N) is 1. The molecule has 0 aliphatic heterocycles. The number of rotatable bonds is 1. The van der Waals surface area contributed by atoms with E-state index in [0.717, 1.165) is 5.69 Å². The molecule has 14 heavy (non-hydrogen) atoms. The molecule has 0 fully saturated rings. The Morgan fingerprint density at radius 3 is 2.14 bits per heavy atom. The minimum Gasteiger partial charge on any atom is -0.399 e. The Morgan fingerprint density at radius 1 is 1.07 bits per heavy atom. The molecule has 0 unspecified atom stereocenters. The molecule has 2 heteroatoms. The van der Waals surface area contributed by atoms with Gasteiger partial charge in [0.2, 0.25) is 0 Å². The average molecular weight is 208 g/mol. The highest BCUT2D eigenvalue weighted by Gasteiger charge is 2.14. The second-order valence-electron chi connectivity index (χ2n) is 4.71. The van der Waals surface area contributed by atoms with Gasteiger partial charge in [0.15, 0.2) is 0 Å². The SMILES string of the molecule is Cc1c(N)ccc([P]C(C)(C)C)c1C. The molecule has 1 rings (SSSR count). The lowest BCUT2D eigenvalue weighted by Crippen LogP contribution is -2.14. The summed E-state index contributed by atoms with van der Waals surface area (Å²) in [5.74, 6) is 0. The van der Waals surface area contributed by atoms with Gasteiger partial charge in [-0.25, -0.2) is 0 Å². The molecule has 1 nitrogen and oxygen atoms in total. The highest BCUT2D eigenvalue weighted by atomic mass is 31.1. The second-order valence-corrected chi connectivity index (χ2v) is 6.75. The summed E-state index contributed by atoms with van der Waals surface area (Å²) in [5.41, 5.74) is 9.31. The van der Waals surface area contributed by atoms with Gasteiger partial charge >= 0.3 is 0 Å². The van der Waals surface area contributed by atoms with Gasteiger partial charge in [0.05, 0.1) is 0 Å². The van der Waals surface area contributed by atoms with E-state index in [1.165, 1.54) is 25.0 Å². The first-order valence-corrected chi connectivity index (χ1v) is 5.79. The summed E-state index contributed by atoms with van der Waals surface area (Å²) in [5, 5.41) is 1.71. The topological polar surface area (TPSA) is 26.0 Å². The van der Waals surface area contributed by atoms with Crippen LogP contribution in [-0.4, -0.2) is 5.16 Å². The van der Waals surface area contributed by atoms with Crippen LogP contribution in [0.25, 0.3) is 0 Å². The van der Waals surface area contributed by atoms with Crippen molar-refractivity contribution < 1.29 is 0 Å². The van der Waals surface area contributed by atoms with Gasteiger partial charge in [-0.2, -0.15) is 0 Å². The fourth-order valence-electron chi connectivity index (χ4n) is 1.31. The van der Waals surface area contributed by atoms with Gasteiger partial charge in [0, 0.05) is 5.69 Å². The third kappa shape index (κ3) is 2.72. The highest BCUT2D eigenvalue weighted by molar-refractivity contribution is 7.49. The standard InChI is InChI=1S/C12H19NP/c1-8-9(2)11(7-6-10(8)13)14-12(3,4)5/h6-7H,13H2,1-5H3. The lowest BCUT2D eigenvalue weighted by molar-refractivity contribution is 0.799. The Bertz CT molecular complexity index is 337. The molecule has 0 saturated carbocycles. The maximum atomic E-state index is 5.85. The molecule has 0 bridgehead atoms. The van der Waals surface area contributed by atoms with Crippen LogP contribution < -0.4 is 11.0 Å². The Balaban J connectivity index is 3.06. The van der Waals surface area contributed by atoms with Crippen LogP contribution in [-0.2, 0) is 0 Å². The van der Waals surface area contributed by atoms with Crippen LogP contribution in [0.5, 0.6) is 0 Å². The number of hydrogen-bond donors (Lipinski definition) is 1. The van der Waals surface area contributed by atoms with E-state index in [4.69, 9.17) is 5.73 Å². The third-order valence-corrected chi connectivity index (χ3v) is 3.65. The molecule has 1 aromatic carbocycles. The van der Waals surface area contributed by atoms with E-state index in [1.54, 1.807) is 0 Å². The number of nitrogen functional groups attached to an aromatic ring is 1. The van der Waals surface area contributed by atoms with Gasteiger partial charge in [-0.05, 0) is 50.1 Å². The largest absolute Gasteiger partial charge is 0.399 e. The normalized spacial score (nSPS) is 12.6. The van der Waals surface area contributed by atoms with Crippen molar-refractivity contribution in [1.29, 1.82) is 0 Å². The van der Waals surface area contributed by atoms with E-state index < -0.39 is 0 Å². The highest BCUT2D eigenvalue weighted by Crippen LogP contribution is 2.32. The third-order valence-electron chi connectivity index (χ3n) is 2.26. The summed E-state index contributed by atoms with van der Waals surface area (Å²) in [4.78, 5) is 0. The molecule has 0 amide bonds. The van der Waals surface area contributed by atoms with Crippen LogP contribution in [0.4, 0.5) is 5.69 Å². The van der Waals surface area contributed by atoms with E-state index in [-0.39, 0.29) is 0 Å². The van der Waals surface area contributed by atoms with Crippen LogP contribution in [0.2, 0.25) is 0 Å². The van der Waals surface area contributed by atoms with Gasteiger partial charge in [-0.15, -0.1) is 0 Å². The molecule has 0 atom stereocenters. The zero-order valence-electron chi connectivity index (χ0n) is 9.68. The van der Waals surface area contributed by atoms with E-state index >= 15 is 0 Å². The summed E-state index contributed by atoms with van der Waals surface area (Å²) < 4.78 is 0. The quantitative estimate of drug-likeness (QED) is 0.556. The van der Waals surface area contributed by atoms with Crippen molar-refractivity contribution in [1.82, 2.24) is 0 Å². The van der Waals surface area contributed by atoms with Gasteiger partial charge < -0.3 is 5.73 Å². The lowest BCUT2D eigenvalue weighted by atomic mass is 10.1. The van der Waals surface area contributed by atoms with Crippen molar-refractivity contribution in [2.75, 3.05) is 5.73 Å². The van der Waals surface area contributed by atoms with Crippen molar-refractivity contribution in [2.45, 2.75) is 39.8 Å². The Kier molecular flexibility index (Phi) is 3.21. The maximum absolute atomic E-state index is 5.85. The molecule has 0 aliphatic rings. The fraction of sp³-hybridized carbons (Fsp3) is 0.500. The van der Waals surface area contributed by atoms with E-state index in [0.29, 0.717) is 5.16 Å². The maximum Gasteiger partial charge on any atom is 0.0346 e. The van der Waals surface area contributed by atoms with Crippen molar-refractivity contribution in [3.05, 3.63) is 23.3 Å². The van der Waals surface area contributed by atoms with Crippen molar-refractivity contribution >= 4 is 19.6 Å². The molecule has 0 saturated heterocycles. The molecule has 2 N–H and O–H groups in total. The zero-order chi connectivity index (χ0) is 10.9. The monoisotopic (exact) mass is 208 g/mol. The Hall–Kier alpha value is -0.550. The predicted molar refractivity (Wildman–Crippen MR) is 66.6 cm³/mol. The van der Waals surface area contributed by atoms with Crippen LogP contribution in [0.15, 0.2) is 12.1 Å². The van der Waals surface area contributed by atoms with E-state index in [9.17, 15) is 0 Å². The number of benzene rings is 1. The minimum absolute atomic E-state index is 0.313. The van der Waals surface area contributed by atoms with E-state index in [1.807, 2.05) is 6.07 Å². The summed E-state index contributed by atoms with van der Waals surface area (Å²) >= 11 is 0. The first-order chi connectivity index (χ1) is 6.31. The van der Waals surface area contributed by atoms with Crippen molar-refractivity contribution in [3.63, 3.8) is 0 Å². The molecular weight excluding hydrogens is 189 g/mol. The van der Waals surface area contributed by atoms with E-state index in [2.05, 4.69) is 40.7 Å². The summed E-state index contributed by atoms with van der Waals surface area (Å²) in [6.07, 6.45) is 0. The molecule has 1 aromatic rings. The molecule has 0 heterocycles. The van der Waals surface area contributed by atoms with Gasteiger partial charge in [0.1, 0.15) is 0 Å². The summed E-state index contributed by atoms with van der Waals surface area (Å²) in [6, 6.07) is 4.15. The number of hydrogen-bond acceptors (Lipinski definition) is 1. The molecular formula is C12H19NP. The van der Waals surface area contributed by atoms with Crippen molar-refractivity contribution in [2.24, 2.45) is 0 Å². The summed E-state index contributed by atoms with van der Waals surface area (Å²) in [6.45, 7) is 11.0. The number of anilines is 1. The predicted octanol–water partition coefficient (Wildman–Crippen LogP) is 3.26. The van der Waals surface area contributed by atoms with Crippen LogP contribution in [0.1, 0.15) is 31.9 Å². The van der Waals surface area contributed by atoms with Gasteiger partial charge in [-0.3, -0.25) is 0 Å². The molecule has 0 aliphatic carbocycles. The smallest absolute Gasteiger partial charge is 0.0346 e. The lowest BCUT2D eigenvalue weighted by Gasteiger charge is -2.20. The Labute approximate surface area is 88.9 Å². The van der Waals surface area contributed by atoms with Gasteiger partial charge in [0.25, 0.3) is 0 Å². The molecule has 1 radical (unpaired) electrons. The first-order valence-electron chi connectivity index (χ1n) is 4.90. The van der Waals surface area contributed by atoms with Crippen LogP contribution >= 0.6 is 8.58 Å². The molecule has 0 spiro atoms.